The van der Waals surface area contributed by atoms with Crippen molar-refractivity contribution in [2.24, 2.45) is 0 Å². The van der Waals surface area contributed by atoms with Gasteiger partial charge in [0.1, 0.15) is 6.17 Å². The molecular weight excluding hydrogens is 340 g/mol. The van der Waals surface area contributed by atoms with Crippen LogP contribution in [0, 0.1) is 0 Å². The summed E-state index contributed by atoms with van der Waals surface area (Å²) in [5.74, 6) is 0. The Bertz CT molecular complexity index is 352. The number of unbranched alkanes of at least 4 members (excludes halogenated alkanes) is 14. The maximum atomic E-state index is 2.62. The predicted octanol–water partition coefficient (Wildman–Crippen LogP) is 8.48. The Morgan fingerprint density at radius 2 is 0.821 bits per heavy atom. The summed E-state index contributed by atoms with van der Waals surface area (Å²) in [7, 11) is 0. The molecule has 0 N–H and O–H groups in total. The Morgan fingerprint density at radius 3 is 1.25 bits per heavy atom. The standard InChI is InChI=1S/C26H52N2/c1-4-7-9-10-11-12-13-14-15-16-17-18-20-23-28-25-24-27(22-19-8-5-2)26(28)21-6-3/h24-26H,4-23H2,1-3H3. The third-order valence-electron chi connectivity index (χ3n) is 6.30. The number of hydrogen-bond acceptors (Lipinski definition) is 2. The summed E-state index contributed by atoms with van der Waals surface area (Å²) >= 11 is 0. The van der Waals surface area contributed by atoms with E-state index in [1.54, 1.807) is 0 Å². The van der Waals surface area contributed by atoms with E-state index in [-0.39, 0.29) is 0 Å². The molecule has 0 radical (unpaired) electrons. The van der Waals surface area contributed by atoms with Crippen molar-refractivity contribution in [3.63, 3.8) is 0 Å². The molecule has 0 aromatic carbocycles. The molecule has 0 aromatic heterocycles. The highest BCUT2D eigenvalue weighted by Crippen LogP contribution is 2.22. The molecule has 0 aliphatic carbocycles. The van der Waals surface area contributed by atoms with E-state index in [0.29, 0.717) is 6.17 Å². The van der Waals surface area contributed by atoms with Gasteiger partial charge in [-0.15, -0.1) is 0 Å². The van der Waals surface area contributed by atoms with Gasteiger partial charge in [-0.3, -0.25) is 0 Å². The first-order valence-electron chi connectivity index (χ1n) is 13.0. The van der Waals surface area contributed by atoms with Gasteiger partial charge in [-0.25, -0.2) is 0 Å². The summed E-state index contributed by atoms with van der Waals surface area (Å²) in [5, 5.41) is 0. The van der Waals surface area contributed by atoms with E-state index in [1.807, 2.05) is 0 Å². The molecule has 0 saturated carbocycles. The van der Waals surface area contributed by atoms with Gasteiger partial charge in [-0.05, 0) is 19.3 Å². The molecule has 2 heteroatoms. The Kier molecular flexibility index (Phi) is 16.7. The van der Waals surface area contributed by atoms with Crippen molar-refractivity contribution in [3.05, 3.63) is 12.4 Å². The fourth-order valence-electron chi connectivity index (χ4n) is 4.45. The molecule has 1 atom stereocenters. The molecule has 1 aliphatic rings. The molecule has 0 amide bonds. The Morgan fingerprint density at radius 1 is 0.464 bits per heavy atom. The molecule has 1 unspecified atom stereocenters. The van der Waals surface area contributed by atoms with E-state index >= 15 is 0 Å². The van der Waals surface area contributed by atoms with Crippen molar-refractivity contribution in [2.75, 3.05) is 13.1 Å². The highest BCUT2D eigenvalue weighted by molar-refractivity contribution is 4.96. The van der Waals surface area contributed by atoms with Gasteiger partial charge in [0.15, 0.2) is 0 Å². The molecule has 1 heterocycles. The van der Waals surface area contributed by atoms with Crippen molar-refractivity contribution in [2.45, 2.75) is 143 Å². The molecular formula is C26H52N2. The lowest BCUT2D eigenvalue weighted by Gasteiger charge is -2.33. The molecule has 0 aromatic rings. The summed E-state index contributed by atoms with van der Waals surface area (Å²) in [4.78, 5) is 5.22. The van der Waals surface area contributed by atoms with Crippen molar-refractivity contribution < 1.29 is 0 Å². The van der Waals surface area contributed by atoms with Crippen LogP contribution in [0.5, 0.6) is 0 Å². The van der Waals surface area contributed by atoms with Crippen LogP contribution in [0.3, 0.4) is 0 Å². The zero-order valence-electron chi connectivity index (χ0n) is 19.8. The molecule has 0 bridgehead atoms. The third kappa shape index (κ3) is 12.0. The van der Waals surface area contributed by atoms with Gasteiger partial charge in [0, 0.05) is 25.5 Å². The van der Waals surface area contributed by atoms with Crippen LogP contribution >= 0.6 is 0 Å². The Hall–Kier alpha value is -0.660. The Labute approximate surface area is 178 Å². The Balaban J connectivity index is 1.98. The van der Waals surface area contributed by atoms with Crippen LogP contribution < -0.4 is 0 Å². The third-order valence-corrected chi connectivity index (χ3v) is 6.30. The van der Waals surface area contributed by atoms with Crippen LogP contribution in [0.2, 0.25) is 0 Å². The molecule has 0 spiro atoms. The highest BCUT2D eigenvalue weighted by atomic mass is 15.4. The summed E-state index contributed by atoms with van der Waals surface area (Å²) in [6.45, 7) is 9.41. The quantitative estimate of drug-likeness (QED) is 0.192. The lowest BCUT2D eigenvalue weighted by Crippen LogP contribution is -2.39. The van der Waals surface area contributed by atoms with Crippen LogP contribution in [0.15, 0.2) is 12.4 Å². The fraction of sp³-hybridized carbons (Fsp3) is 0.923. The second-order valence-corrected chi connectivity index (χ2v) is 8.99. The summed E-state index contributed by atoms with van der Waals surface area (Å²) in [5.41, 5.74) is 0. The second kappa shape index (κ2) is 18.4. The molecule has 166 valence electrons. The van der Waals surface area contributed by atoms with Crippen LogP contribution in [0.4, 0.5) is 0 Å². The van der Waals surface area contributed by atoms with E-state index < -0.39 is 0 Å². The zero-order chi connectivity index (χ0) is 20.3. The molecule has 0 saturated heterocycles. The van der Waals surface area contributed by atoms with Gasteiger partial charge in [-0.1, -0.05) is 117 Å². The minimum absolute atomic E-state index is 0.638. The topological polar surface area (TPSA) is 6.48 Å². The first kappa shape index (κ1) is 25.4. The van der Waals surface area contributed by atoms with Crippen molar-refractivity contribution >= 4 is 0 Å². The van der Waals surface area contributed by atoms with Crippen LogP contribution in [0.1, 0.15) is 136 Å². The summed E-state index contributed by atoms with van der Waals surface area (Å²) < 4.78 is 0. The minimum Gasteiger partial charge on any atom is -0.356 e. The molecule has 1 aliphatic heterocycles. The minimum atomic E-state index is 0.638. The SMILES string of the molecule is CCCCCCCCCCCCCCCN1C=CN(CCCCC)C1CCC. The highest BCUT2D eigenvalue weighted by Gasteiger charge is 2.24. The monoisotopic (exact) mass is 392 g/mol. The molecule has 2 nitrogen and oxygen atoms in total. The van der Waals surface area contributed by atoms with E-state index in [1.165, 1.54) is 129 Å². The fourth-order valence-corrected chi connectivity index (χ4v) is 4.45. The first-order chi connectivity index (χ1) is 13.8. The maximum absolute atomic E-state index is 2.62. The normalized spacial score (nSPS) is 16.5. The zero-order valence-corrected chi connectivity index (χ0v) is 19.8. The van der Waals surface area contributed by atoms with E-state index in [0.717, 1.165) is 0 Å². The average molecular weight is 393 g/mol. The molecule has 1 rings (SSSR count). The van der Waals surface area contributed by atoms with Gasteiger partial charge in [-0.2, -0.15) is 0 Å². The lowest BCUT2D eigenvalue weighted by atomic mass is 10.0. The molecule has 28 heavy (non-hydrogen) atoms. The van der Waals surface area contributed by atoms with Gasteiger partial charge >= 0.3 is 0 Å². The maximum Gasteiger partial charge on any atom is 0.101 e. The van der Waals surface area contributed by atoms with Crippen LogP contribution in [-0.4, -0.2) is 29.1 Å². The molecule has 0 fully saturated rings. The van der Waals surface area contributed by atoms with Gasteiger partial charge in [0.2, 0.25) is 0 Å². The first-order valence-corrected chi connectivity index (χ1v) is 13.0. The summed E-state index contributed by atoms with van der Waals surface area (Å²) in [6, 6.07) is 0. The predicted molar refractivity (Wildman–Crippen MR) is 126 cm³/mol. The number of rotatable bonds is 20. The van der Waals surface area contributed by atoms with Crippen molar-refractivity contribution in [3.8, 4) is 0 Å². The van der Waals surface area contributed by atoms with Gasteiger partial charge < -0.3 is 9.80 Å². The van der Waals surface area contributed by atoms with E-state index in [2.05, 4.69) is 43.0 Å². The average Bonchev–Trinajstić information content (AvgIpc) is 3.08. The van der Waals surface area contributed by atoms with Gasteiger partial charge in [0.25, 0.3) is 0 Å². The van der Waals surface area contributed by atoms with Gasteiger partial charge in [0.05, 0.1) is 0 Å². The smallest absolute Gasteiger partial charge is 0.101 e. The number of nitrogens with zero attached hydrogens (tertiary/aromatic N) is 2. The van der Waals surface area contributed by atoms with Crippen LogP contribution in [-0.2, 0) is 0 Å². The van der Waals surface area contributed by atoms with E-state index in [4.69, 9.17) is 0 Å². The van der Waals surface area contributed by atoms with Crippen LogP contribution in [0.25, 0.3) is 0 Å². The lowest BCUT2D eigenvalue weighted by molar-refractivity contribution is 0.138. The summed E-state index contributed by atoms with van der Waals surface area (Å²) in [6.07, 6.45) is 30.7. The van der Waals surface area contributed by atoms with Crippen molar-refractivity contribution in [1.29, 1.82) is 0 Å². The van der Waals surface area contributed by atoms with E-state index in [9.17, 15) is 0 Å². The largest absolute Gasteiger partial charge is 0.356 e. The number of hydrogen-bond donors (Lipinski definition) is 0. The second-order valence-electron chi connectivity index (χ2n) is 8.99. The van der Waals surface area contributed by atoms with Crippen molar-refractivity contribution in [1.82, 2.24) is 9.80 Å².